The summed E-state index contributed by atoms with van der Waals surface area (Å²) in [6, 6.07) is 1.82. The van der Waals surface area contributed by atoms with Crippen molar-refractivity contribution < 1.29 is 26.3 Å². The van der Waals surface area contributed by atoms with Crippen LogP contribution >= 0.6 is 0 Å². The van der Waals surface area contributed by atoms with E-state index in [0.717, 1.165) is 25.1 Å². The van der Waals surface area contributed by atoms with Gasteiger partial charge < -0.3 is 5.32 Å². The molecule has 2 rings (SSSR count). The molecule has 0 spiro atoms. The van der Waals surface area contributed by atoms with Crippen LogP contribution in [0.25, 0.3) is 0 Å². The molecule has 1 aromatic rings. The maximum atomic E-state index is 12.7. The molecule has 1 fully saturated rings. The van der Waals surface area contributed by atoms with E-state index in [-0.39, 0.29) is 17.5 Å². The first-order valence-corrected chi connectivity index (χ1v) is 6.18. The zero-order valence-corrected chi connectivity index (χ0v) is 10.4. The van der Waals surface area contributed by atoms with Crippen molar-refractivity contribution in [3.63, 3.8) is 0 Å². The van der Waals surface area contributed by atoms with E-state index in [1.54, 1.807) is 0 Å². The molecule has 112 valence electrons. The second-order valence-electron chi connectivity index (χ2n) is 4.88. The SMILES string of the molecule is FC(F)(F)c1cc(C2CCCNC2)cc(C(F)(F)F)c1. The van der Waals surface area contributed by atoms with Crippen LogP contribution in [0.4, 0.5) is 26.3 Å². The van der Waals surface area contributed by atoms with Gasteiger partial charge in [-0.25, -0.2) is 0 Å². The molecule has 20 heavy (non-hydrogen) atoms. The standard InChI is InChI=1S/C13H13F6N/c14-12(15,16)10-4-9(8-2-1-3-20-7-8)5-11(6-10)13(17,18)19/h4-6,8,20H,1-3,7H2. The molecular weight excluding hydrogens is 284 g/mol. The molecule has 1 unspecified atom stereocenters. The summed E-state index contributed by atoms with van der Waals surface area (Å²) in [4.78, 5) is 0. The topological polar surface area (TPSA) is 12.0 Å². The van der Waals surface area contributed by atoms with Gasteiger partial charge in [-0.1, -0.05) is 0 Å². The summed E-state index contributed by atoms with van der Waals surface area (Å²) < 4.78 is 76.3. The minimum absolute atomic E-state index is 0.0966. The number of benzene rings is 1. The number of nitrogens with one attached hydrogen (secondary N) is 1. The van der Waals surface area contributed by atoms with Crippen LogP contribution < -0.4 is 5.32 Å². The fourth-order valence-corrected chi connectivity index (χ4v) is 2.35. The van der Waals surface area contributed by atoms with Gasteiger partial charge >= 0.3 is 12.4 Å². The van der Waals surface area contributed by atoms with Gasteiger partial charge in [0.1, 0.15) is 0 Å². The average Bonchev–Trinajstić information content (AvgIpc) is 2.37. The van der Waals surface area contributed by atoms with Crippen LogP contribution in [-0.2, 0) is 12.4 Å². The smallest absolute Gasteiger partial charge is 0.316 e. The highest BCUT2D eigenvalue weighted by molar-refractivity contribution is 5.35. The molecule has 1 nitrogen and oxygen atoms in total. The molecule has 1 N–H and O–H groups in total. The molecule has 1 aliphatic heterocycles. The average molecular weight is 297 g/mol. The number of piperidine rings is 1. The van der Waals surface area contributed by atoms with Crippen LogP contribution in [0.15, 0.2) is 18.2 Å². The summed E-state index contributed by atoms with van der Waals surface area (Å²) in [6.07, 6.45) is -8.23. The first-order valence-electron chi connectivity index (χ1n) is 6.18. The summed E-state index contributed by atoms with van der Waals surface area (Å²) in [5, 5.41) is 2.99. The summed E-state index contributed by atoms with van der Waals surface area (Å²) >= 11 is 0. The fourth-order valence-electron chi connectivity index (χ4n) is 2.35. The Kier molecular flexibility index (Phi) is 4.00. The highest BCUT2D eigenvalue weighted by Gasteiger charge is 2.37. The van der Waals surface area contributed by atoms with Crippen molar-refractivity contribution in [2.45, 2.75) is 31.1 Å². The summed E-state index contributed by atoms with van der Waals surface area (Å²) in [6.45, 7) is 1.14. The Morgan fingerprint density at radius 2 is 1.45 bits per heavy atom. The van der Waals surface area contributed by atoms with E-state index in [9.17, 15) is 26.3 Å². The Hall–Kier alpha value is -1.24. The molecule has 0 radical (unpaired) electrons. The van der Waals surface area contributed by atoms with Gasteiger partial charge in [0.2, 0.25) is 0 Å². The molecule has 0 aliphatic carbocycles. The third-order valence-corrected chi connectivity index (χ3v) is 3.38. The number of alkyl halides is 6. The van der Waals surface area contributed by atoms with E-state index in [1.807, 2.05) is 0 Å². The second-order valence-corrected chi connectivity index (χ2v) is 4.88. The van der Waals surface area contributed by atoms with Crippen LogP contribution in [0.1, 0.15) is 35.4 Å². The van der Waals surface area contributed by atoms with Crippen molar-refractivity contribution in [1.29, 1.82) is 0 Å². The van der Waals surface area contributed by atoms with Gasteiger partial charge in [0.05, 0.1) is 11.1 Å². The van der Waals surface area contributed by atoms with Crippen molar-refractivity contribution in [2.75, 3.05) is 13.1 Å². The van der Waals surface area contributed by atoms with E-state index in [2.05, 4.69) is 5.32 Å². The summed E-state index contributed by atoms with van der Waals surface area (Å²) in [5.74, 6) is -0.313. The van der Waals surface area contributed by atoms with Gasteiger partial charge in [0, 0.05) is 6.54 Å². The lowest BCUT2D eigenvalue weighted by molar-refractivity contribution is -0.143. The largest absolute Gasteiger partial charge is 0.416 e. The van der Waals surface area contributed by atoms with Gasteiger partial charge in [-0.15, -0.1) is 0 Å². The van der Waals surface area contributed by atoms with Gasteiger partial charge in [-0.3, -0.25) is 0 Å². The number of halogens is 6. The predicted octanol–water partition coefficient (Wildman–Crippen LogP) is 4.19. The third-order valence-electron chi connectivity index (χ3n) is 3.38. The van der Waals surface area contributed by atoms with E-state index < -0.39 is 23.5 Å². The van der Waals surface area contributed by atoms with Crippen LogP contribution in [0, 0.1) is 0 Å². The Morgan fingerprint density at radius 1 is 0.900 bits per heavy atom. The molecule has 1 atom stereocenters. The fraction of sp³-hybridized carbons (Fsp3) is 0.538. The maximum Gasteiger partial charge on any atom is 0.416 e. The Labute approximate surface area is 112 Å². The minimum atomic E-state index is -4.78. The van der Waals surface area contributed by atoms with Crippen LogP contribution in [-0.4, -0.2) is 13.1 Å². The molecule has 1 saturated heterocycles. The molecular formula is C13H13F6N. The van der Waals surface area contributed by atoms with Crippen molar-refractivity contribution in [2.24, 2.45) is 0 Å². The highest BCUT2D eigenvalue weighted by Crippen LogP contribution is 2.38. The molecule has 0 amide bonds. The zero-order valence-electron chi connectivity index (χ0n) is 10.4. The Balaban J connectivity index is 2.45. The molecule has 7 heteroatoms. The van der Waals surface area contributed by atoms with Crippen LogP contribution in [0.2, 0.25) is 0 Å². The maximum absolute atomic E-state index is 12.7. The molecule has 0 saturated carbocycles. The molecule has 1 aromatic carbocycles. The monoisotopic (exact) mass is 297 g/mol. The quantitative estimate of drug-likeness (QED) is 0.766. The lowest BCUT2D eigenvalue weighted by atomic mass is 9.89. The number of hydrogen-bond acceptors (Lipinski definition) is 1. The molecule has 1 heterocycles. The molecule has 0 aromatic heterocycles. The van der Waals surface area contributed by atoms with Gasteiger partial charge in [-0.2, -0.15) is 26.3 Å². The van der Waals surface area contributed by atoms with Crippen molar-refractivity contribution >= 4 is 0 Å². The van der Waals surface area contributed by atoms with E-state index in [4.69, 9.17) is 0 Å². The summed E-state index contributed by atoms with van der Waals surface area (Å²) in [7, 11) is 0. The first-order chi connectivity index (χ1) is 9.18. The van der Waals surface area contributed by atoms with Gasteiger partial charge in [0.25, 0.3) is 0 Å². The highest BCUT2D eigenvalue weighted by atomic mass is 19.4. The van der Waals surface area contributed by atoms with E-state index >= 15 is 0 Å². The zero-order chi connectivity index (χ0) is 15.0. The second kappa shape index (κ2) is 5.27. The first kappa shape index (κ1) is 15.2. The predicted molar refractivity (Wildman–Crippen MR) is 61.3 cm³/mol. The molecule has 0 bridgehead atoms. The lowest BCUT2D eigenvalue weighted by Crippen LogP contribution is -2.28. The third kappa shape index (κ3) is 3.45. The lowest BCUT2D eigenvalue weighted by Gasteiger charge is -2.25. The van der Waals surface area contributed by atoms with E-state index in [0.29, 0.717) is 13.0 Å². The number of hydrogen-bond donors (Lipinski definition) is 1. The summed E-state index contributed by atoms with van der Waals surface area (Å²) in [5.41, 5.74) is -2.39. The van der Waals surface area contributed by atoms with Gasteiger partial charge in [-0.05, 0) is 49.1 Å². The van der Waals surface area contributed by atoms with Crippen molar-refractivity contribution in [3.05, 3.63) is 34.9 Å². The Morgan fingerprint density at radius 3 is 1.85 bits per heavy atom. The van der Waals surface area contributed by atoms with Crippen molar-refractivity contribution in [3.8, 4) is 0 Å². The number of rotatable bonds is 1. The van der Waals surface area contributed by atoms with E-state index in [1.165, 1.54) is 0 Å². The van der Waals surface area contributed by atoms with Crippen LogP contribution in [0.5, 0.6) is 0 Å². The normalized spacial score (nSPS) is 21.0. The Bertz CT molecular complexity index is 438. The van der Waals surface area contributed by atoms with Crippen LogP contribution in [0.3, 0.4) is 0 Å². The molecule has 1 aliphatic rings. The minimum Gasteiger partial charge on any atom is -0.316 e. The van der Waals surface area contributed by atoms with Gasteiger partial charge in [0.15, 0.2) is 0 Å². The van der Waals surface area contributed by atoms with Crippen molar-refractivity contribution in [1.82, 2.24) is 5.32 Å².